The highest BCUT2D eigenvalue weighted by Crippen LogP contribution is 2.26. The average Bonchev–Trinajstić information content (AvgIpc) is 2.53. The Morgan fingerprint density at radius 3 is 2.50 bits per heavy atom. The van der Waals surface area contributed by atoms with Gasteiger partial charge in [-0.1, -0.05) is 6.07 Å². The first-order chi connectivity index (χ1) is 11.5. The first kappa shape index (κ1) is 16.3. The molecule has 0 aliphatic rings. The van der Waals surface area contributed by atoms with E-state index in [1.807, 2.05) is 25.1 Å². The number of rotatable bonds is 4. The number of hydrogen-bond acceptors (Lipinski definition) is 4. The van der Waals surface area contributed by atoms with Crippen LogP contribution in [-0.4, -0.2) is 9.97 Å². The molecule has 0 aliphatic heterocycles. The molecule has 2 N–H and O–H groups in total. The molecule has 3 aromatic rings. The van der Waals surface area contributed by atoms with Crippen molar-refractivity contribution in [1.82, 2.24) is 9.97 Å². The monoisotopic (exact) mass is 390 g/mol. The topological polar surface area (TPSA) is 49.8 Å². The quantitative estimate of drug-likeness (QED) is 0.633. The Morgan fingerprint density at radius 2 is 1.75 bits per heavy atom. The zero-order valence-electron chi connectivity index (χ0n) is 12.6. The van der Waals surface area contributed by atoms with Gasteiger partial charge in [-0.15, -0.1) is 0 Å². The molecular formula is C17H13BrF2N4. The first-order valence-corrected chi connectivity index (χ1v) is 7.89. The van der Waals surface area contributed by atoms with Crippen LogP contribution in [0.15, 0.2) is 53.1 Å². The van der Waals surface area contributed by atoms with Crippen molar-refractivity contribution in [3.8, 4) is 0 Å². The van der Waals surface area contributed by atoms with Gasteiger partial charge in [-0.3, -0.25) is 0 Å². The smallest absolute Gasteiger partial charge is 0.229 e. The van der Waals surface area contributed by atoms with Gasteiger partial charge in [0.1, 0.15) is 17.5 Å². The Bertz CT molecular complexity index is 817. The van der Waals surface area contributed by atoms with E-state index in [9.17, 15) is 8.78 Å². The van der Waals surface area contributed by atoms with Gasteiger partial charge in [0, 0.05) is 16.7 Å². The van der Waals surface area contributed by atoms with Gasteiger partial charge < -0.3 is 10.6 Å². The molecule has 0 saturated carbocycles. The second-order valence-corrected chi connectivity index (χ2v) is 5.98. The second-order valence-electron chi connectivity index (χ2n) is 5.12. The molecule has 24 heavy (non-hydrogen) atoms. The summed E-state index contributed by atoms with van der Waals surface area (Å²) in [6, 6.07) is 10.7. The van der Waals surface area contributed by atoms with Crippen molar-refractivity contribution in [2.75, 3.05) is 10.6 Å². The third-order valence-corrected chi connectivity index (χ3v) is 3.88. The second kappa shape index (κ2) is 6.92. The van der Waals surface area contributed by atoms with Crippen molar-refractivity contribution in [3.05, 3.63) is 70.3 Å². The zero-order chi connectivity index (χ0) is 17.1. The molecule has 122 valence electrons. The Morgan fingerprint density at radius 1 is 0.958 bits per heavy atom. The standard InChI is InChI=1S/C17H13BrF2N4/c1-10-2-4-14(12(18)8-10)23-17-21-7-6-16(24-17)22-15-5-3-11(19)9-13(15)20/h2-9H,1H3,(H2,21,22,23,24). The molecule has 3 rings (SSSR count). The number of halogens is 3. The highest BCUT2D eigenvalue weighted by molar-refractivity contribution is 9.10. The van der Waals surface area contributed by atoms with E-state index in [0.29, 0.717) is 11.8 Å². The van der Waals surface area contributed by atoms with Crippen molar-refractivity contribution >= 4 is 39.1 Å². The molecule has 7 heteroatoms. The molecule has 0 aliphatic carbocycles. The number of nitrogens with zero attached hydrogens (tertiary/aromatic N) is 2. The molecule has 4 nitrogen and oxygen atoms in total. The summed E-state index contributed by atoms with van der Waals surface area (Å²) in [5, 5.41) is 5.89. The van der Waals surface area contributed by atoms with E-state index < -0.39 is 11.6 Å². The van der Waals surface area contributed by atoms with Crippen molar-refractivity contribution in [2.45, 2.75) is 6.92 Å². The summed E-state index contributed by atoms with van der Waals surface area (Å²) >= 11 is 3.47. The van der Waals surface area contributed by atoms with Crippen molar-refractivity contribution in [2.24, 2.45) is 0 Å². The fourth-order valence-electron chi connectivity index (χ4n) is 2.06. The summed E-state index contributed by atoms with van der Waals surface area (Å²) in [4.78, 5) is 8.42. The molecule has 2 aromatic carbocycles. The maximum absolute atomic E-state index is 13.7. The Kier molecular flexibility index (Phi) is 4.71. The fourth-order valence-corrected chi connectivity index (χ4v) is 2.65. The number of aromatic nitrogens is 2. The van der Waals surface area contributed by atoms with Crippen LogP contribution in [0.1, 0.15) is 5.56 Å². The van der Waals surface area contributed by atoms with Crippen molar-refractivity contribution in [3.63, 3.8) is 0 Å². The third kappa shape index (κ3) is 3.86. The number of nitrogens with one attached hydrogen (secondary N) is 2. The highest BCUT2D eigenvalue weighted by Gasteiger charge is 2.07. The predicted molar refractivity (Wildman–Crippen MR) is 93.8 cm³/mol. The number of benzene rings is 2. The van der Waals surface area contributed by atoms with Gasteiger partial charge in [-0.05, 0) is 58.7 Å². The van der Waals surface area contributed by atoms with Crippen LogP contribution in [0.2, 0.25) is 0 Å². The van der Waals surface area contributed by atoms with Crippen LogP contribution >= 0.6 is 15.9 Å². The number of anilines is 4. The SMILES string of the molecule is Cc1ccc(Nc2nccc(Nc3ccc(F)cc3F)n2)c(Br)c1. The van der Waals surface area contributed by atoms with Crippen LogP contribution in [0.25, 0.3) is 0 Å². The molecule has 0 radical (unpaired) electrons. The van der Waals surface area contributed by atoms with Gasteiger partial charge in [0.05, 0.1) is 11.4 Å². The molecule has 0 amide bonds. The Balaban J connectivity index is 1.81. The van der Waals surface area contributed by atoms with Crippen LogP contribution in [0.3, 0.4) is 0 Å². The van der Waals surface area contributed by atoms with E-state index in [2.05, 4.69) is 36.5 Å². The van der Waals surface area contributed by atoms with Crippen molar-refractivity contribution in [1.29, 1.82) is 0 Å². The van der Waals surface area contributed by atoms with Crippen LogP contribution in [0, 0.1) is 18.6 Å². The lowest BCUT2D eigenvalue weighted by atomic mass is 10.2. The molecule has 0 fully saturated rings. The van der Waals surface area contributed by atoms with Gasteiger partial charge in [-0.2, -0.15) is 4.98 Å². The summed E-state index contributed by atoms with van der Waals surface area (Å²) in [5.41, 5.74) is 2.07. The molecule has 0 unspecified atom stereocenters. The number of hydrogen-bond donors (Lipinski definition) is 2. The maximum Gasteiger partial charge on any atom is 0.229 e. The largest absolute Gasteiger partial charge is 0.338 e. The maximum atomic E-state index is 13.7. The molecule has 1 aromatic heterocycles. The lowest BCUT2D eigenvalue weighted by Gasteiger charge is -2.10. The first-order valence-electron chi connectivity index (χ1n) is 7.09. The van der Waals surface area contributed by atoms with E-state index in [4.69, 9.17) is 0 Å². The summed E-state index contributed by atoms with van der Waals surface area (Å²) in [6.45, 7) is 1.99. The van der Waals surface area contributed by atoms with E-state index in [-0.39, 0.29) is 5.69 Å². The fraction of sp³-hybridized carbons (Fsp3) is 0.0588. The minimum Gasteiger partial charge on any atom is -0.338 e. The van der Waals surface area contributed by atoms with Crippen LogP contribution < -0.4 is 10.6 Å². The summed E-state index contributed by atoms with van der Waals surface area (Å²) in [7, 11) is 0. The Hall–Kier alpha value is -2.54. The van der Waals surface area contributed by atoms with Gasteiger partial charge in [0.15, 0.2) is 0 Å². The minimum atomic E-state index is -0.690. The van der Waals surface area contributed by atoms with E-state index >= 15 is 0 Å². The summed E-state index contributed by atoms with van der Waals surface area (Å²) in [6.07, 6.45) is 1.54. The van der Waals surface area contributed by atoms with Crippen LogP contribution in [-0.2, 0) is 0 Å². The van der Waals surface area contributed by atoms with Gasteiger partial charge in [-0.25, -0.2) is 13.8 Å². The van der Waals surface area contributed by atoms with Crippen molar-refractivity contribution < 1.29 is 8.78 Å². The zero-order valence-corrected chi connectivity index (χ0v) is 14.2. The molecular weight excluding hydrogens is 378 g/mol. The van der Waals surface area contributed by atoms with E-state index in [1.54, 1.807) is 12.3 Å². The molecule has 0 bridgehead atoms. The van der Waals surface area contributed by atoms with Gasteiger partial charge in [0.25, 0.3) is 0 Å². The highest BCUT2D eigenvalue weighted by atomic mass is 79.9. The molecule has 0 spiro atoms. The lowest BCUT2D eigenvalue weighted by molar-refractivity contribution is 0.586. The molecule has 1 heterocycles. The van der Waals surface area contributed by atoms with Gasteiger partial charge >= 0.3 is 0 Å². The normalized spacial score (nSPS) is 10.5. The minimum absolute atomic E-state index is 0.137. The van der Waals surface area contributed by atoms with Crippen LogP contribution in [0.5, 0.6) is 0 Å². The molecule has 0 atom stereocenters. The summed E-state index contributed by atoms with van der Waals surface area (Å²) < 4.78 is 27.5. The summed E-state index contributed by atoms with van der Waals surface area (Å²) in [5.74, 6) is -0.579. The predicted octanol–water partition coefficient (Wildman–Crippen LogP) is 5.31. The number of aryl methyl sites for hydroxylation is 1. The Labute approximate surface area is 146 Å². The lowest BCUT2D eigenvalue weighted by Crippen LogP contribution is -2.02. The van der Waals surface area contributed by atoms with Gasteiger partial charge in [0.2, 0.25) is 5.95 Å². The van der Waals surface area contributed by atoms with Crippen LogP contribution in [0.4, 0.5) is 31.9 Å². The van der Waals surface area contributed by atoms with E-state index in [0.717, 1.165) is 21.8 Å². The third-order valence-electron chi connectivity index (χ3n) is 3.22. The average molecular weight is 391 g/mol. The molecule has 0 saturated heterocycles. The van der Waals surface area contributed by atoms with E-state index in [1.165, 1.54) is 12.1 Å².